The summed E-state index contributed by atoms with van der Waals surface area (Å²) < 4.78 is 41.1. The summed E-state index contributed by atoms with van der Waals surface area (Å²) in [4.78, 5) is 0. The normalized spacial score (nSPS) is 29.3. The molecule has 0 amide bonds. The van der Waals surface area contributed by atoms with Gasteiger partial charge < -0.3 is 4.74 Å². The monoisotopic (exact) mass is 464 g/mol. The van der Waals surface area contributed by atoms with E-state index in [1.54, 1.807) is 0 Å². The fraction of sp³-hybridized carbons (Fsp3) is 0.793. The highest BCUT2D eigenvalue weighted by molar-refractivity contribution is 5.29. The molecule has 0 heterocycles. The van der Waals surface area contributed by atoms with Gasteiger partial charge in [-0.05, 0) is 85.8 Å². The zero-order valence-electron chi connectivity index (χ0n) is 20.3. The third-order valence-electron chi connectivity index (χ3n) is 9.11. The summed E-state index contributed by atoms with van der Waals surface area (Å²) in [5.74, 6) is 4.17. The van der Waals surface area contributed by atoms with Crippen molar-refractivity contribution < 1.29 is 17.9 Å². The van der Waals surface area contributed by atoms with E-state index >= 15 is 0 Å². The first-order chi connectivity index (χ1) is 16.0. The van der Waals surface area contributed by atoms with Crippen molar-refractivity contribution in [2.24, 2.45) is 23.7 Å². The molecule has 4 heteroatoms. The third-order valence-corrected chi connectivity index (χ3v) is 9.11. The van der Waals surface area contributed by atoms with Crippen LogP contribution in [-0.4, -0.2) is 6.36 Å². The second-order valence-corrected chi connectivity index (χ2v) is 11.3. The number of hydrogen-bond donors (Lipinski definition) is 0. The van der Waals surface area contributed by atoms with Crippen LogP contribution in [-0.2, 0) is 0 Å². The van der Waals surface area contributed by atoms with Crippen molar-refractivity contribution in [1.82, 2.24) is 0 Å². The van der Waals surface area contributed by atoms with Crippen LogP contribution >= 0.6 is 0 Å². The lowest BCUT2D eigenvalue weighted by atomic mass is 9.68. The number of benzene rings is 1. The van der Waals surface area contributed by atoms with Crippen LogP contribution in [0.5, 0.6) is 5.75 Å². The minimum Gasteiger partial charge on any atom is -0.406 e. The van der Waals surface area contributed by atoms with E-state index in [0.717, 1.165) is 23.7 Å². The fourth-order valence-corrected chi connectivity index (χ4v) is 7.16. The summed E-state index contributed by atoms with van der Waals surface area (Å²) in [6, 6.07) is 6.58. The summed E-state index contributed by atoms with van der Waals surface area (Å²) in [5.41, 5.74) is 1.17. The zero-order chi connectivity index (χ0) is 23.1. The quantitative estimate of drug-likeness (QED) is 0.330. The van der Waals surface area contributed by atoms with Crippen LogP contribution in [0.3, 0.4) is 0 Å². The van der Waals surface area contributed by atoms with Gasteiger partial charge in [0.2, 0.25) is 0 Å². The number of ether oxygens (including phenoxy) is 1. The average molecular weight is 465 g/mol. The van der Waals surface area contributed by atoms with Gasteiger partial charge in [-0.2, -0.15) is 0 Å². The molecule has 0 spiro atoms. The van der Waals surface area contributed by atoms with Gasteiger partial charge in [0.1, 0.15) is 5.75 Å². The summed E-state index contributed by atoms with van der Waals surface area (Å²) >= 11 is 0. The van der Waals surface area contributed by atoms with Gasteiger partial charge in [0.25, 0.3) is 0 Å². The van der Waals surface area contributed by atoms with Gasteiger partial charge in [0.15, 0.2) is 0 Å². The van der Waals surface area contributed by atoms with Crippen molar-refractivity contribution in [2.45, 2.75) is 121 Å². The van der Waals surface area contributed by atoms with Crippen molar-refractivity contribution in [2.75, 3.05) is 0 Å². The minimum absolute atomic E-state index is 0.120. The highest BCUT2D eigenvalue weighted by Gasteiger charge is 2.32. The van der Waals surface area contributed by atoms with E-state index in [0.29, 0.717) is 5.92 Å². The molecule has 1 aromatic carbocycles. The van der Waals surface area contributed by atoms with Gasteiger partial charge >= 0.3 is 6.36 Å². The standard InChI is InChI=1S/C29H43F3O/c30-29(31,32)33-28-20-18-27(19-21-28)26-16-14-25(15-17-26)24-12-10-23(11-13-24)7-3-1-2-6-22-8-4-5-9-22/h18-26H,1-17H2. The Balaban J connectivity index is 1.10. The Bertz CT molecular complexity index is 676. The molecule has 186 valence electrons. The van der Waals surface area contributed by atoms with Gasteiger partial charge in [-0.1, -0.05) is 82.8 Å². The maximum atomic E-state index is 12.4. The molecule has 0 unspecified atom stereocenters. The first-order valence-electron chi connectivity index (χ1n) is 13.8. The predicted octanol–water partition coefficient (Wildman–Crippen LogP) is 9.81. The number of alkyl halides is 3. The van der Waals surface area contributed by atoms with E-state index in [1.165, 1.54) is 127 Å². The topological polar surface area (TPSA) is 9.23 Å². The lowest BCUT2D eigenvalue weighted by Crippen LogP contribution is -2.25. The summed E-state index contributed by atoms with van der Waals surface area (Å²) in [6.45, 7) is 0. The maximum Gasteiger partial charge on any atom is 0.573 e. The molecule has 3 fully saturated rings. The molecule has 0 aliphatic heterocycles. The molecule has 3 aliphatic rings. The lowest BCUT2D eigenvalue weighted by molar-refractivity contribution is -0.274. The Morgan fingerprint density at radius 2 is 1.15 bits per heavy atom. The molecule has 0 N–H and O–H groups in total. The molecule has 3 aliphatic carbocycles. The SMILES string of the molecule is FC(F)(F)Oc1ccc(C2CCC(C3CCC(CCCCCC4CCCC4)CC3)CC2)cc1. The molecule has 4 rings (SSSR count). The van der Waals surface area contributed by atoms with Crippen LogP contribution < -0.4 is 4.74 Å². The first kappa shape index (κ1) is 24.9. The van der Waals surface area contributed by atoms with Crippen LogP contribution in [0.25, 0.3) is 0 Å². The Kier molecular flexibility index (Phi) is 9.04. The predicted molar refractivity (Wildman–Crippen MR) is 128 cm³/mol. The van der Waals surface area contributed by atoms with E-state index in [2.05, 4.69) is 4.74 Å². The fourth-order valence-electron chi connectivity index (χ4n) is 7.16. The van der Waals surface area contributed by atoms with Crippen LogP contribution in [0, 0.1) is 23.7 Å². The van der Waals surface area contributed by atoms with E-state index in [4.69, 9.17) is 0 Å². The first-order valence-corrected chi connectivity index (χ1v) is 13.8. The molecular weight excluding hydrogens is 421 g/mol. The summed E-state index contributed by atoms with van der Waals surface area (Å²) in [5, 5.41) is 0. The van der Waals surface area contributed by atoms with Gasteiger partial charge in [-0.15, -0.1) is 13.2 Å². The molecule has 0 aromatic heterocycles. The molecule has 0 bridgehead atoms. The largest absolute Gasteiger partial charge is 0.573 e. The van der Waals surface area contributed by atoms with E-state index in [9.17, 15) is 13.2 Å². The van der Waals surface area contributed by atoms with Gasteiger partial charge in [0, 0.05) is 0 Å². The molecule has 0 atom stereocenters. The van der Waals surface area contributed by atoms with E-state index in [1.807, 2.05) is 12.1 Å². The molecule has 0 radical (unpaired) electrons. The van der Waals surface area contributed by atoms with Gasteiger partial charge in [0.05, 0.1) is 0 Å². The van der Waals surface area contributed by atoms with Crippen molar-refractivity contribution in [3.63, 3.8) is 0 Å². The van der Waals surface area contributed by atoms with Crippen LogP contribution in [0.2, 0.25) is 0 Å². The van der Waals surface area contributed by atoms with Gasteiger partial charge in [-0.3, -0.25) is 0 Å². The number of halogens is 3. The summed E-state index contributed by atoms with van der Waals surface area (Å²) in [7, 11) is 0. The van der Waals surface area contributed by atoms with Gasteiger partial charge in [-0.25, -0.2) is 0 Å². The van der Waals surface area contributed by atoms with Crippen molar-refractivity contribution in [3.05, 3.63) is 29.8 Å². The third kappa shape index (κ3) is 7.92. The van der Waals surface area contributed by atoms with E-state index < -0.39 is 6.36 Å². The van der Waals surface area contributed by atoms with Crippen LogP contribution in [0.1, 0.15) is 121 Å². The molecule has 1 nitrogen and oxygen atoms in total. The second kappa shape index (κ2) is 12.0. The molecular formula is C29H43F3O. The number of rotatable bonds is 9. The minimum atomic E-state index is -4.62. The molecule has 1 aromatic rings. The Morgan fingerprint density at radius 3 is 1.70 bits per heavy atom. The maximum absolute atomic E-state index is 12.4. The van der Waals surface area contributed by atoms with Crippen LogP contribution in [0.15, 0.2) is 24.3 Å². The van der Waals surface area contributed by atoms with Crippen LogP contribution in [0.4, 0.5) is 13.2 Å². The molecule has 0 saturated heterocycles. The van der Waals surface area contributed by atoms with Crippen molar-refractivity contribution >= 4 is 0 Å². The lowest BCUT2D eigenvalue weighted by Gasteiger charge is -2.38. The highest BCUT2D eigenvalue weighted by Crippen LogP contribution is 2.45. The average Bonchev–Trinajstić information content (AvgIpc) is 3.33. The number of unbranched alkanes of at least 4 members (excludes halogenated alkanes) is 2. The molecule has 33 heavy (non-hydrogen) atoms. The Morgan fingerprint density at radius 1 is 0.636 bits per heavy atom. The smallest absolute Gasteiger partial charge is 0.406 e. The summed E-state index contributed by atoms with van der Waals surface area (Å²) in [6.07, 6.45) is 19.2. The second-order valence-electron chi connectivity index (χ2n) is 11.3. The van der Waals surface area contributed by atoms with Crippen molar-refractivity contribution in [3.8, 4) is 5.75 Å². The number of hydrogen-bond acceptors (Lipinski definition) is 1. The Labute approximate surface area is 198 Å². The Hall–Kier alpha value is -1.19. The zero-order valence-corrected chi connectivity index (χ0v) is 20.3. The van der Waals surface area contributed by atoms with E-state index in [-0.39, 0.29) is 5.75 Å². The highest BCUT2D eigenvalue weighted by atomic mass is 19.4. The molecule has 3 saturated carbocycles. The van der Waals surface area contributed by atoms with Crippen molar-refractivity contribution in [1.29, 1.82) is 0 Å².